The lowest BCUT2D eigenvalue weighted by atomic mass is 9.49. The molecule has 0 saturated heterocycles. The maximum Gasteiger partial charge on any atom is 0.255 e. The van der Waals surface area contributed by atoms with Crippen LogP contribution in [0.2, 0.25) is 0 Å². The van der Waals surface area contributed by atoms with Crippen LogP contribution in [-0.4, -0.2) is 95.2 Å². The van der Waals surface area contributed by atoms with Gasteiger partial charge in [-0.05, 0) is 161 Å². The average molecular weight is 914 g/mol. The summed E-state index contributed by atoms with van der Waals surface area (Å²) < 4.78 is 22.8. The largest absolute Gasteiger partial charge is 0.379 e. The summed E-state index contributed by atoms with van der Waals surface area (Å²) in [5.41, 5.74) is 7.48. The Morgan fingerprint density at radius 1 is 0.716 bits per heavy atom. The molecule has 0 radical (unpaired) electrons. The summed E-state index contributed by atoms with van der Waals surface area (Å²) in [7, 11) is 0. The summed E-state index contributed by atoms with van der Waals surface area (Å²) in [6.07, 6.45) is 13.5. The molecule has 4 saturated carbocycles. The molecule has 9 rings (SSSR count). The van der Waals surface area contributed by atoms with Crippen LogP contribution in [0, 0.1) is 23.2 Å². The fourth-order valence-corrected chi connectivity index (χ4v) is 11.5. The molecule has 3 N–H and O–H groups in total. The van der Waals surface area contributed by atoms with Crippen LogP contribution in [0.4, 0.5) is 11.4 Å². The van der Waals surface area contributed by atoms with Crippen LogP contribution in [0.5, 0.6) is 0 Å². The smallest absolute Gasteiger partial charge is 0.255 e. The second kappa shape index (κ2) is 23.7. The molecule has 67 heavy (non-hydrogen) atoms. The van der Waals surface area contributed by atoms with E-state index in [2.05, 4.69) is 52.9 Å². The minimum absolute atomic E-state index is 0.0402. The summed E-state index contributed by atoms with van der Waals surface area (Å²) in [6.45, 7) is 10.4. The van der Waals surface area contributed by atoms with E-state index in [-0.39, 0.29) is 29.2 Å². The molecule has 4 fully saturated rings. The molecule has 4 aromatic rings. The van der Waals surface area contributed by atoms with E-state index in [0.29, 0.717) is 81.9 Å². The lowest BCUT2D eigenvalue weighted by Gasteiger charge is -2.55. The van der Waals surface area contributed by atoms with Gasteiger partial charge in [0.25, 0.3) is 11.8 Å². The summed E-state index contributed by atoms with van der Waals surface area (Å²) >= 11 is 0. The van der Waals surface area contributed by atoms with Crippen molar-refractivity contribution in [2.75, 3.05) is 82.7 Å². The molecule has 3 amide bonds. The first-order valence-corrected chi connectivity index (χ1v) is 25.0. The van der Waals surface area contributed by atoms with Gasteiger partial charge in [-0.25, -0.2) is 0 Å². The zero-order chi connectivity index (χ0) is 46.4. The molecule has 0 spiro atoms. The number of aryl methyl sites for hydroxylation is 2. The number of nitrogens with one attached hydrogen (secondary N) is 3. The Kier molecular flexibility index (Phi) is 17.1. The molecular formula is C55H71N5O7. The molecule has 5 aliphatic rings. The van der Waals surface area contributed by atoms with Gasteiger partial charge in [-0.1, -0.05) is 36.4 Å². The highest BCUT2D eigenvalue weighted by atomic mass is 16.6. The Labute approximate surface area is 397 Å². The molecule has 358 valence electrons. The predicted octanol–water partition coefficient (Wildman–Crippen LogP) is 8.99. The lowest BCUT2D eigenvalue weighted by Crippen LogP contribution is -2.53. The van der Waals surface area contributed by atoms with Gasteiger partial charge >= 0.3 is 0 Å². The highest BCUT2D eigenvalue weighted by Crippen LogP contribution is 2.60. The number of pyridine rings is 1. The molecule has 12 heteroatoms. The van der Waals surface area contributed by atoms with Crippen LogP contribution < -0.4 is 20.9 Å². The van der Waals surface area contributed by atoms with E-state index in [1.54, 1.807) is 12.3 Å². The molecule has 1 atom stereocenters. The zero-order valence-corrected chi connectivity index (χ0v) is 39.7. The Hall–Kier alpha value is -5.14. The minimum Gasteiger partial charge on any atom is -0.379 e. The van der Waals surface area contributed by atoms with Crippen molar-refractivity contribution in [3.63, 3.8) is 0 Å². The van der Waals surface area contributed by atoms with Crippen molar-refractivity contribution in [3.8, 4) is 11.3 Å². The van der Waals surface area contributed by atoms with E-state index in [0.717, 1.165) is 99.0 Å². The predicted molar refractivity (Wildman–Crippen MR) is 262 cm³/mol. The second-order valence-corrected chi connectivity index (χ2v) is 19.1. The lowest BCUT2D eigenvalue weighted by molar-refractivity contribution is -0.146. The van der Waals surface area contributed by atoms with Crippen LogP contribution in [0.25, 0.3) is 11.3 Å². The van der Waals surface area contributed by atoms with E-state index in [4.69, 9.17) is 23.9 Å². The van der Waals surface area contributed by atoms with Crippen LogP contribution in [0.3, 0.4) is 0 Å². The Balaban J connectivity index is 0.727. The molecule has 12 nitrogen and oxygen atoms in total. The van der Waals surface area contributed by atoms with Gasteiger partial charge in [-0.15, -0.1) is 0 Å². The molecule has 1 heterocycles. The standard InChI is InChI=1S/C55H71N5O7/c1-3-60(4-2)46-17-18-50(48(35-46)51-34-45(19-20-56-51)53(62)58-49-16-8-13-43-12-5-6-15-47(43)49)59-52(61)44-14-7-10-39(33-44)11-9-22-64-24-26-66-28-29-67-27-25-65-23-21-57-54(63)55-36-40-30-41(37-55)32-42(31-40)38-55/h5-7,10,12,14-15,17-20,33-35,40-42,49H,3-4,8-9,11,13,16,21-32,36-38H2,1-2H3,(H,57,63)(H,58,62)(H,59,61)/t40?,41?,42?,49-,55?/m0/s1. The van der Waals surface area contributed by atoms with Crippen LogP contribution in [0.1, 0.15) is 115 Å². The van der Waals surface area contributed by atoms with E-state index >= 15 is 0 Å². The summed E-state index contributed by atoms with van der Waals surface area (Å²) in [5, 5.41) is 9.60. The van der Waals surface area contributed by atoms with Crippen molar-refractivity contribution in [2.45, 2.75) is 90.5 Å². The fourth-order valence-electron chi connectivity index (χ4n) is 11.5. The van der Waals surface area contributed by atoms with Crippen LogP contribution >= 0.6 is 0 Å². The first kappa shape index (κ1) is 48.3. The van der Waals surface area contributed by atoms with E-state index < -0.39 is 0 Å². The maximum atomic E-state index is 13.8. The molecule has 1 aromatic heterocycles. The first-order chi connectivity index (χ1) is 32.8. The maximum absolute atomic E-state index is 13.8. The highest BCUT2D eigenvalue weighted by molar-refractivity contribution is 6.06. The molecule has 0 aliphatic heterocycles. The third-order valence-corrected chi connectivity index (χ3v) is 14.5. The van der Waals surface area contributed by atoms with Crippen molar-refractivity contribution < 1.29 is 33.3 Å². The van der Waals surface area contributed by atoms with Crippen molar-refractivity contribution in [2.24, 2.45) is 23.2 Å². The number of carbonyl (C=O) groups excluding carboxylic acids is 3. The second-order valence-electron chi connectivity index (χ2n) is 19.1. The number of aromatic nitrogens is 1. The van der Waals surface area contributed by atoms with Crippen LogP contribution in [0.15, 0.2) is 85.1 Å². The number of nitrogens with zero attached hydrogens (tertiary/aromatic N) is 2. The zero-order valence-electron chi connectivity index (χ0n) is 39.7. The third-order valence-electron chi connectivity index (χ3n) is 14.5. The van der Waals surface area contributed by atoms with Crippen molar-refractivity contribution in [1.82, 2.24) is 15.6 Å². The minimum atomic E-state index is -0.221. The van der Waals surface area contributed by atoms with Gasteiger partial charge in [0.1, 0.15) is 0 Å². The number of hydrogen-bond donors (Lipinski definition) is 3. The van der Waals surface area contributed by atoms with Gasteiger partial charge in [0.15, 0.2) is 0 Å². The molecule has 0 unspecified atom stereocenters. The van der Waals surface area contributed by atoms with Gasteiger partial charge in [0, 0.05) is 60.2 Å². The highest BCUT2D eigenvalue weighted by Gasteiger charge is 2.54. The number of benzene rings is 3. The van der Waals surface area contributed by atoms with Gasteiger partial charge in [-0.3, -0.25) is 19.4 Å². The van der Waals surface area contributed by atoms with Crippen molar-refractivity contribution >= 4 is 29.1 Å². The normalized spacial score (nSPS) is 21.4. The molecule has 3 aromatic carbocycles. The average Bonchev–Trinajstić information content (AvgIpc) is 3.34. The number of carbonyl (C=O) groups is 3. The quantitative estimate of drug-likeness (QED) is 0.0556. The molecular weight excluding hydrogens is 843 g/mol. The topological polar surface area (TPSA) is 140 Å². The van der Waals surface area contributed by atoms with Crippen molar-refractivity contribution in [1.29, 1.82) is 0 Å². The third kappa shape index (κ3) is 12.7. The van der Waals surface area contributed by atoms with E-state index in [1.807, 2.05) is 54.6 Å². The summed E-state index contributed by atoms with van der Waals surface area (Å²) in [5.74, 6) is 2.18. The Morgan fingerprint density at radius 3 is 2.10 bits per heavy atom. The van der Waals surface area contributed by atoms with E-state index in [1.165, 1.54) is 30.4 Å². The molecule has 4 bridgehead atoms. The van der Waals surface area contributed by atoms with Gasteiger partial charge in [0.2, 0.25) is 5.91 Å². The van der Waals surface area contributed by atoms with Gasteiger partial charge < -0.3 is 39.8 Å². The number of rotatable bonds is 25. The van der Waals surface area contributed by atoms with Gasteiger partial charge in [0.05, 0.1) is 63.7 Å². The number of fused-ring (bicyclic) bond motifs is 1. The van der Waals surface area contributed by atoms with Crippen molar-refractivity contribution in [3.05, 3.63) is 113 Å². The Bertz CT molecular complexity index is 2240. The Morgan fingerprint density at radius 2 is 1.39 bits per heavy atom. The van der Waals surface area contributed by atoms with E-state index in [9.17, 15) is 14.4 Å². The number of ether oxygens (including phenoxy) is 4. The summed E-state index contributed by atoms with van der Waals surface area (Å²) in [4.78, 5) is 47.5. The fraction of sp³-hybridized carbons (Fsp3) is 0.527. The van der Waals surface area contributed by atoms with Crippen LogP contribution in [-0.2, 0) is 36.6 Å². The van der Waals surface area contributed by atoms with Gasteiger partial charge in [-0.2, -0.15) is 0 Å². The monoisotopic (exact) mass is 914 g/mol. The number of hydrogen-bond acceptors (Lipinski definition) is 9. The first-order valence-electron chi connectivity index (χ1n) is 25.0. The number of anilines is 2. The summed E-state index contributed by atoms with van der Waals surface area (Å²) in [6, 6.07) is 25.6. The number of amides is 3. The molecule has 5 aliphatic carbocycles. The SMILES string of the molecule is CCN(CC)c1ccc(NC(=O)c2cccc(CCCOCCOCCOCCOCCNC(=O)C34CC5CC(CC(C5)C3)C4)c2)c(-c2cc(C(=O)N[C@H]3CCCc4ccccc43)ccn2)c1.